The third-order valence-electron chi connectivity index (χ3n) is 3.31. The first-order valence-electron chi connectivity index (χ1n) is 6.45. The lowest BCUT2D eigenvalue weighted by molar-refractivity contribution is -0.150. The van der Waals surface area contributed by atoms with E-state index in [9.17, 15) is 14.0 Å². The summed E-state index contributed by atoms with van der Waals surface area (Å²) in [7, 11) is 0. The van der Waals surface area contributed by atoms with E-state index in [1.165, 1.54) is 30.0 Å². The van der Waals surface area contributed by atoms with E-state index in [0.717, 1.165) is 0 Å². The second-order valence-electron chi connectivity index (χ2n) is 4.72. The van der Waals surface area contributed by atoms with E-state index in [1.807, 2.05) is 0 Å². The van der Waals surface area contributed by atoms with E-state index in [2.05, 4.69) is 0 Å². The average molecular weight is 281 g/mol. The normalized spacial score (nSPS) is 19.7. The fourth-order valence-electron chi connectivity index (χ4n) is 2.30. The molecule has 1 aromatic carbocycles. The molecule has 2 rings (SSSR count). The van der Waals surface area contributed by atoms with Gasteiger partial charge in [0.25, 0.3) is 5.91 Å². The van der Waals surface area contributed by atoms with Crippen molar-refractivity contribution in [2.75, 3.05) is 6.54 Å². The van der Waals surface area contributed by atoms with Gasteiger partial charge >= 0.3 is 5.97 Å². The molecule has 2 atom stereocenters. The van der Waals surface area contributed by atoms with E-state index in [1.54, 1.807) is 6.07 Å². The van der Waals surface area contributed by atoms with Crippen molar-refractivity contribution in [1.82, 2.24) is 4.90 Å². The van der Waals surface area contributed by atoms with Crippen LogP contribution in [0.2, 0.25) is 0 Å². The lowest BCUT2D eigenvalue weighted by Gasteiger charge is -2.25. The Morgan fingerprint density at radius 1 is 1.45 bits per heavy atom. The summed E-state index contributed by atoms with van der Waals surface area (Å²) in [5.41, 5.74) is 0. The highest BCUT2D eigenvalue weighted by molar-refractivity contribution is 5.87. The number of likely N-dealkylation sites (tertiary alicyclic amines) is 1. The molecule has 108 valence electrons. The summed E-state index contributed by atoms with van der Waals surface area (Å²) >= 11 is 0. The van der Waals surface area contributed by atoms with Gasteiger partial charge < -0.3 is 14.7 Å². The van der Waals surface area contributed by atoms with Gasteiger partial charge in [-0.3, -0.25) is 4.79 Å². The Kier molecular flexibility index (Phi) is 4.22. The Morgan fingerprint density at radius 3 is 2.80 bits per heavy atom. The van der Waals surface area contributed by atoms with Gasteiger partial charge in [-0.2, -0.15) is 0 Å². The molecule has 1 aliphatic rings. The topological polar surface area (TPSA) is 66.8 Å². The number of rotatable bonds is 4. The van der Waals surface area contributed by atoms with Crippen molar-refractivity contribution in [2.45, 2.75) is 31.9 Å². The fourth-order valence-corrected chi connectivity index (χ4v) is 2.30. The van der Waals surface area contributed by atoms with Crippen LogP contribution in [0.5, 0.6) is 5.75 Å². The molecule has 0 aliphatic carbocycles. The maximum Gasteiger partial charge on any atom is 0.326 e. The summed E-state index contributed by atoms with van der Waals surface area (Å²) in [6.07, 6.45) is 0.162. The van der Waals surface area contributed by atoms with E-state index >= 15 is 0 Å². The predicted octanol–water partition coefficient (Wildman–Crippen LogP) is 1.67. The van der Waals surface area contributed by atoms with E-state index < -0.39 is 29.8 Å². The van der Waals surface area contributed by atoms with Gasteiger partial charge in [-0.15, -0.1) is 0 Å². The number of aliphatic carboxylic acids is 1. The molecule has 0 saturated carbocycles. The quantitative estimate of drug-likeness (QED) is 0.911. The number of halogens is 1. The van der Waals surface area contributed by atoms with Crippen molar-refractivity contribution in [3.63, 3.8) is 0 Å². The number of nitrogens with zero attached hydrogens (tertiary/aromatic N) is 1. The number of hydrogen-bond donors (Lipinski definition) is 1. The minimum absolute atomic E-state index is 0.0144. The van der Waals surface area contributed by atoms with Gasteiger partial charge in [-0.25, -0.2) is 9.18 Å². The highest BCUT2D eigenvalue weighted by Crippen LogP contribution is 2.21. The molecule has 0 bridgehead atoms. The minimum atomic E-state index is -1.02. The number of benzene rings is 1. The summed E-state index contributed by atoms with van der Waals surface area (Å²) in [5.74, 6) is -2.02. The van der Waals surface area contributed by atoms with Crippen molar-refractivity contribution < 1.29 is 23.8 Å². The minimum Gasteiger partial charge on any atom is -0.480 e. The standard InChI is InChI=1S/C14H16FNO4/c1-9(20-12-7-3-2-5-10(12)15)13(17)16-8-4-6-11(16)14(18)19/h2-3,5,7,9,11H,4,6,8H2,1H3,(H,18,19)/t9?,11-/m0/s1. The molecule has 1 aliphatic heterocycles. The van der Waals surface area contributed by atoms with Crippen LogP contribution in [-0.4, -0.2) is 40.6 Å². The maximum absolute atomic E-state index is 13.5. The molecule has 1 amide bonds. The molecule has 20 heavy (non-hydrogen) atoms. The number of ether oxygens (including phenoxy) is 1. The maximum atomic E-state index is 13.5. The molecule has 1 heterocycles. The summed E-state index contributed by atoms with van der Waals surface area (Å²) in [6, 6.07) is 4.98. The third-order valence-corrected chi connectivity index (χ3v) is 3.31. The second-order valence-corrected chi connectivity index (χ2v) is 4.72. The van der Waals surface area contributed by atoms with Crippen LogP contribution in [0.25, 0.3) is 0 Å². The van der Waals surface area contributed by atoms with Gasteiger partial charge in [0.05, 0.1) is 0 Å². The number of carbonyl (C=O) groups is 2. The molecule has 0 radical (unpaired) electrons. The van der Waals surface area contributed by atoms with Crippen molar-refractivity contribution in [1.29, 1.82) is 0 Å². The number of carboxylic acids is 1. The van der Waals surface area contributed by atoms with Crippen molar-refractivity contribution in [3.8, 4) is 5.75 Å². The van der Waals surface area contributed by atoms with Crippen LogP contribution in [0.3, 0.4) is 0 Å². The molecule has 1 unspecified atom stereocenters. The Balaban J connectivity index is 2.05. The fraction of sp³-hybridized carbons (Fsp3) is 0.429. The molecule has 0 spiro atoms. The highest BCUT2D eigenvalue weighted by atomic mass is 19.1. The SMILES string of the molecule is CC(Oc1ccccc1F)C(=O)N1CCC[C@H]1C(=O)O. The predicted molar refractivity (Wildman–Crippen MR) is 68.9 cm³/mol. The monoisotopic (exact) mass is 281 g/mol. The van der Waals surface area contributed by atoms with E-state index in [4.69, 9.17) is 9.84 Å². The summed E-state index contributed by atoms with van der Waals surface area (Å²) in [4.78, 5) is 24.5. The van der Waals surface area contributed by atoms with Crippen molar-refractivity contribution >= 4 is 11.9 Å². The second kappa shape index (κ2) is 5.90. The summed E-state index contributed by atoms with van der Waals surface area (Å²) in [5, 5.41) is 9.05. The first-order chi connectivity index (χ1) is 9.50. The smallest absolute Gasteiger partial charge is 0.326 e. The van der Waals surface area contributed by atoms with Crippen LogP contribution in [-0.2, 0) is 9.59 Å². The Bertz CT molecular complexity index is 520. The van der Waals surface area contributed by atoms with E-state index in [-0.39, 0.29) is 5.75 Å². The lowest BCUT2D eigenvalue weighted by atomic mass is 10.2. The van der Waals surface area contributed by atoms with Gasteiger partial charge in [0, 0.05) is 6.54 Å². The number of carbonyl (C=O) groups excluding carboxylic acids is 1. The van der Waals surface area contributed by atoms with Crippen LogP contribution < -0.4 is 4.74 Å². The zero-order valence-corrected chi connectivity index (χ0v) is 11.1. The molecule has 1 saturated heterocycles. The Morgan fingerprint density at radius 2 is 2.15 bits per heavy atom. The van der Waals surface area contributed by atoms with Gasteiger partial charge in [0.2, 0.25) is 0 Å². The number of carboxylic acid groups (broad SMARTS) is 1. The molecular weight excluding hydrogens is 265 g/mol. The number of hydrogen-bond acceptors (Lipinski definition) is 3. The first-order valence-corrected chi connectivity index (χ1v) is 6.45. The first kappa shape index (κ1) is 14.3. The molecule has 0 aromatic heterocycles. The molecule has 1 aromatic rings. The molecule has 1 fully saturated rings. The lowest BCUT2D eigenvalue weighted by Crippen LogP contribution is -2.46. The van der Waals surface area contributed by atoms with Crippen LogP contribution in [0.1, 0.15) is 19.8 Å². The zero-order valence-electron chi connectivity index (χ0n) is 11.1. The number of para-hydroxylation sites is 1. The molecule has 1 N–H and O–H groups in total. The Hall–Kier alpha value is -2.11. The summed E-state index contributed by atoms with van der Waals surface area (Å²) in [6.45, 7) is 1.88. The van der Waals surface area contributed by atoms with Crippen molar-refractivity contribution in [2.24, 2.45) is 0 Å². The van der Waals surface area contributed by atoms with Crippen LogP contribution in [0.4, 0.5) is 4.39 Å². The van der Waals surface area contributed by atoms with Crippen molar-refractivity contribution in [3.05, 3.63) is 30.1 Å². The molecule has 6 heteroatoms. The average Bonchev–Trinajstić information content (AvgIpc) is 2.89. The van der Waals surface area contributed by atoms with E-state index in [0.29, 0.717) is 19.4 Å². The zero-order chi connectivity index (χ0) is 14.7. The summed E-state index contributed by atoms with van der Waals surface area (Å²) < 4.78 is 18.7. The van der Waals surface area contributed by atoms with Crippen LogP contribution in [0, 0.1) is 5.82 Å². The van der Waals surface area contributed by atoms with Gasteiger partial charge in [0.1, 0.15) is 6.04 Å². The van der Waals surface area contributed by atoms with Gasteiger partial charge in [-0.05, 0) is 31.9 Å². The van der Waals surface area contributed by atoms with Gasteiger partial charge in [-0.1, -0.05) is 12.1 Å². The van der Waals surface area contributed by atoms with Crippen LogP contribution >= 0.6 is 0 Å². The molecule has 5 nitrogen and oxygen atoms in total. The Labute approximate surface area is 116 Å². The van der Waals surface area contributed by atoms with Crippen LogP contribution in [0.15, 0.2) is 24.3 Å². The largest absolute Gasteiger partial charge is 0.480 e. The number of amides is 1. The highest BCUT2D eigenvalue weighted by Gasteiger charge is 2.36. The molecular formula is C14H16FNO4. The third kappa shape index (κ3) is 2.89. The van der Waals surface area contributed by atoms with Gasteiger partial charge in [0.15, 0.2) is 17.7 Å².